The van der Waals surface area contributed by atoms with Gasteiger partial charge in [0.15, 0.2) is 0 Å². The summed E-state index contributed by atoms with van der Waals surface area (Å²) >= 11 is 1.43. The highest BCUT2D eigenvalue weighted by Gasteiger charge is 2.25. The molecule has 1 aromatic carbocycles. The van der Waals surface area contributed by atoms with Gasteiger partial charge in [-0.15, -0.1) is 11.8 Å². The molecule has 0 amide bonds. The molecule has 7 heteroatoms. The molecule has 2 aromatic rings. The maximum Gasteiger partial charge on any atom is 0.407 e. The smallest absolute Gasteiger partial charge is 0.294 e. The average molecular weight is 340 g/mol. The number of carbonyl (C=O) groups is 1. The number of aryl methyl sites for hydroxylation is 1. The Balaban J connectivity index is 1.99. The lowest BCUT2D eigenvalue weighted by Crippen LogP contribution is -2.18. The summed E-state index contributed by atoms with van der Waals surface area (Å²) in [5.74, 6) is 0.0924. The van der Waals surface area contributed by atoms with Gasteiger partial charge in [-0.2, -0.15) is 13.2 Å². The van der Waals surface area contributed by atoms with Crippen LogP contribution in [-0.2, 0) is 0 Å². The number of pyridine rings is 1. The van der Waals surface area contributed by atoms with Gasteiger partial charge in [0, 0.05) is 17.3 Å². The molecule has 23 heavy (non-hydrogen) atoms. The quantitative estimate of drug-likeness (QED) is 0.796. The Hall–Kier alpha value is -2.02. The van der Waals surface area contributed by atoms with Crippen LogP contribution < -0.4 is 5.36 Å². The van der Waals surface area contributed by atoms with E-state index >= 15 is 0 Å². The lowest BCUT2D eigenvalue weighted by atomic mass is 10.2. The Labute approximate surface area is 135 Å². The number of rotatable bonds is 4. The molecule has 0 N–H and O–H groups in total. The van der Waals surface area contributed by atoms with E-state index in [9.17, 15) is 18.0 Å². The molecule has 0 unspecified atom stereocenters. The minimum atomic E-state index is -4.33. The number of thioether (sulfide) groups is 1. The van der Waals surface area contributed by atoms with Gasteiger partial charge in [-0.3, -0.25) is 14.4 Å². The third-order valence-electron chi connectivity index (χ3n) is 2.99. The van der Waals surface area contributed by atoms with Crippen LogP contribution in [0.2, 0.25) is 0 Å². The average Bonchev–Trinajstić information content (AvgIpc) is 2.52. The zero-order chi connectivity index (χ0) is 16.9. The van der Waals surface area contributed by atoms with Crippen LogP contribution in [0, 0.1) is 6.92 Å². The number of aromatic nitrogens is 1. The molecule has 0 aliphatic heterocycles. The Morgan fingerprint density at radius 1 is 1.17 bits per heavy atom. The predicted molar refractivity (Wildman–Crippen MR) is 83.4 cm³/mol. The molecule has 122 valence electrons. The Kier molecular flexibility index (Phi) is 5.65. The van der Waals surface area contributed by atoms with Crippen LogP contribution in [0.3, 0.4) is 0 Å². The van der Waals surface area contributed by atoms with Crippen molar-refractivity contribution in [1.82, 2.24) is 4.57 Å². The number of hydrogen-bond acceptors (Lipinski definition) is 3. The summed E-state index contributed by atoms with van der Waals surface area (Å²) in [6.07, 6.45) is -1.47. The summed E-state index contributed by atoms with van der Waals surface area (Å²) in [5.41, 5.74) is 1.09. The molecule has 0 bridgehead atoms. The predicted octanol–water partition coefficient (Wildman–Crippen LogP) is 3.69. The van der Waals surface area contributed by atoms with E-state index in [-0.39, 0.29) is 17.0 Å². The number of carbonyl (C=O) groups excluding carboxylic acids is 1. The summed E-state index contributed by atoms with van der Waals surface area (Å²) < 4.78 is 37.6. The van der Waals surface area contributed by atoms with Crippen molar-refractivity contribution >= 4 is 17.7 Å². The number of hydrogen-bond donors (Lipinski definition) is 0. The molecular weight excluding hydrogens is 325 g/mol. The fourth-order valence-electron chi connectivity index (χ4n) is 1.80. The summed E-state index contributed by atoms with van der Waals surface area (Å²) in [4.78, 5) is 16.5. The first-order valence-electron chi connectivity index (χ1n) is 6.82. The van der Waals surface area contributed by atoms with Crippen LogP contribution in [0.15, 0.2) is 58.7 Å². The van der Waals surface area contributed by atoms with Crippen molar-refractivity contribution < 1.29 is 18.0 Å². The van der Waals surface area contributed by atoms with Gasteiger partial charge in [-0.05, 0) is 30.7 Å². The van der Waals surface area contributed by atoms with Crippen molar-refractivity contribution in [3.05, 3.63) is 59.7 Å². The van der Waals surface area contributed by atoms with Crippen molar-refractivity contribution in [3.63, 3.8) is 0 Å². The molecule has 0 atom stereocenters. The fraction of sp³-hybridized carbons (Fsp3) is 0.250. The molecular formula is C16H15F3N2OS. The van der Waals surface area contributed by atoms with E-state index in [2.05, 4.69) is 4.99 Å². The van der Waals surface area contributed by atoms with Crippen molar-refractivity contribution in [3.8, 4) is 0 Å². The van der Waals surface area contributed by atoms with Crippen molar-refractivity contribution in [1.29, 1.82) is 0 Å². The van der Waals surface area contributed by atoms with Crippen LogP contribution in [0.25, 0.3) is 0 Å². The Morgan fingerprint density at radius 2 is 1.83 bits per heavy atom. The third kappa shape index (κ3) is 5.59. The molecule has 0 saturated heterocycles. The molecule has 0 aliphatic carbocycles. The topological polar surface area (TPSA) is 34.4 Å². The molecule has 2 rings (SSSR count). The van der Waals surface area contributed by atoms with Crippen molar-refractivity contribution in [2.75, 3.05) is 12.3 Å². The number of benzene rings is 1. The lowest BCUT2D eigenvalue weighted by Gasteiger charge is -2.07. The van der Waals surface area contributed by atoms with E-state index in [4.69, 9.17) is 0 Å². The zero-order valence-electron chi connectivity index (χ0n) is 12.4. The van der Waals surface area contributed by atoms with Gasteiger partial charge in [0.05, 0.1) is 11.1 Å². The van der Waals surface area contributed by atoms with Crippen LogP contribution in [0.1, 0.15) is 10.4 Å². The van der Waals surface area contributed by atoms with Gasteiger partial charge in [0.1, 0.15) is 6.54 Å². The molecule has 0 spiro atoms. The van der Waals surface area contributed by atoms with Crippen LogP contribution >= 0.6 is 11.8 Å². The summed E-state index contributed by atoms with van der Waals surface area (Å²) in [6, 6.07) is 10.5. The third-order valence-corrected chi connectivity index (χ3v) is 4.15. The molecule has 1 aromatic heterocycles. The molecule has 3 nitrogen and oxygen atoms in total. The van der Waals surface area contributed by atoms with E-state index in [1.54, 1.807) is 0 Å². The van der Waals surface area contributed by atoms with Gasteiger partial charge in [0.2, 0.25) is 5.91 Å². The minimum Gasteiger partial charge on any atom is -0.294 e. The van der Waals surface area contributed by atoms with E-state index in [1.165, 1.54) is 40.9 Å². The summed E-state index contributed by atoms with van der Waals surface area (Å²) in [6.45, 7) is 0.741. The monoisotopic (exact) mass is 340 g/mol. The number of nitrogens with zero attached hydrogens (tertiary/aromatic N) is 2. The zero-order valence-corrected chi connectivity index (χ0v) is 13.2. The first-order chi connectivity index (χ1) is 10.8. The standard InChI is InChI=1S/C16H15F3N2OS/c1-12-4-2-3-5-14(12)23-10-15(22)21-8-6-13(7-9-21)20-11-16(17,18)19/h2-9H,10-11H2,1H3. The van der Waals surface area contributed by atoms with Gasteiger partial charge in [0.25, 0.3) is 0 Å². The summed E-state index contributed by atoms with van der Waals surface area (Å²) in [5, 5.41) is 0.193. The second-order valence-electron chi connectivity index (χ2n) is 4.84. The van der Waals surface area contributed by atoms with Crippen molar-refractivity contribution in [2.24, 2.45) is 4.99 Å². The fourth-order valence-corrected chi connectivity index (χ4v) is 2.70. The SMILES string of the molecule is Cc1ccccc1SCC(=O)n1ccc(=NCC(F)(F)F)cc1. The number of halogens is 3. The van der Waals surface area contributed by atoms with E-state index in [0.717, 1.165) is 10.5 Å². The van der Waals surface area contributed by atoms with E-state index < -0.39 is 12.7 Å². The summed E-state index contributed by atoms with van der Waals surface area (Å²) in [7, 11) is 0. The maximum absolute atomic E-state index is 12.1. The van der Waals surface area contributed by atoms with E-state index in [0.29, 0.717) is 0 Å². The molecule has 0 fully saturated rings. The molecule has 1 heterocycles. The highest BCUT2D eigenvalue weighted by atomic mass is 32.2. The maximum atomic E-state index is 12.1. The second kappa shape index (κ2) is 7.50. The first kappa shape index (κ1) is 17.3. The van der Waals surface area contributed by atoms with Crippen LogP contribution in [-0.4, -0.2) is 28.9 Å². The van der Waals surface area contributed by atoms with Gasteiger partial charge in [-0.1, -0.05) is 18.2 Å². The lowest BCUT2D eigenvalue weighted by molar-refractivity contribution is -0.118. The Morgan fingerprint density at radius 3 is 2.43 bits per heavy atom. The van der Waals surface area contributed by atoms with E-state index in [1.807, 2.05) is 31.2 Å². The molecule has 0 radical (unpaired) electrons. The number of alkyl halides is 3. The van der Waals surface area contributed by atoms with Gasteiger partial charge >= 0.3 is 6.18 Å². The highest BCUT2D eigenvalue weighted by Crippen LogP contribution is 2.21. The minimum absolute atomic E-state index is 0.152. The van der Waals surface area contributed by atoms with Gasteiger partial charge in [-0.25, -0.2) is 0 Å². The second-order valence-corrected chi connectivity index (χ2v) is 5.86. The van der Waals surface area contributed by atoms with Crippen molar-refractivity contribution in [2.45, 2.75) is 18.0 Å². The highest BCUT2D eigenvalue weighted by molar-refractivity contribution is 8.00. The Bertz CT molecular complexity index is 733. The molecule has 0 saturated carbocycles. The van der Waals surface area contributed by atoms with Crippen LogP contribution in [0.5, 0.6) is 0 Å². The normalized spacial score (nSPS) is 11.3. The molecule has 0 aliphatic rings. The van der Waals surface area contributed by atoms with Crippen LogP contribution in [0.4, 0.5) is 13.2 Å². The first-order valence-corrected chi connectivity index (χ1v) is 7.81. The largest absolute Gasteiger partial charge is 0.407 e. The van der Waals surface area contributed by atoms with Gasteiger partial charge < -0.3 is 0 Å².